The van der Waals surface area contributed by atoms with Gasteiger partial charge in [-0.3, -0.25) is 0 Å². The van der Waals surface area contributed by atoms with Crippen LogP contribution in [0.3, 0.4) is 0 Å². The molecule has 2 aromatic rings. The zero-order chi connectivity index (χ0) is 14.2. The molecule has 0 aliphatic carbocycles. The predicted molar refractivity (Wildman–Crippen MR) is 89.3 cm³/mol. The molecule has 1 aromatic heterocycles. The molecule has 0 amide bonds. The quantitative estimate of drug-likeness (QED) is 0.666. The maximum absolute atomic E-state index is 6.24. The van der Waals surface area contributed by atoms with E-state index in [1.807, 2.05) is 6.07 Å². The number of para-hydroxylation sites is 1. The highest BCUT2D eigenvalue weighted by Gasteiger charge is 2.08. The van der Waals surface area contributed by atoms with Gasteiger partial charge in [-0.15, -0.1) is 11.3 Å². The Balaban J connectivity index is 1.70. The van der Waals surface area contributed by atoms with Crippen LogP contribution in [0, 0.1) is 0 Å². The van der Waals surface area contributed by atoms with E-state index >= 15 is 0 Å². The zero-order valence-electron chi connectivity index (χ0n) is 12.5. The lowest BCUT2D eigenvalue weighted by Crippen LogP contribution is -2.22. The second-order valence-corrected chi connectivity index (χ2v) is 6.71. The number of benzene rings is 1. The minimum Gasteiger partial charge on any atom is -0.327 e. The molecule has 1 unspecified atom stereocenters. The molecule has 1 heterocycles. The van der Waals surface area contributed by atoms with Crippen LogP contribution in [0.4, 0.5) is 0 Å². The van der Waals surface area contributed by atoms with Crippen molar-refractivity contribution in [2.24, 2.45) is 5.73 Å². The maximum atomic E-state index is 6.24. The minimum atomic E-state index is 0.265. The van der Waals surface area contributed by atoms with Crippen molar-refractivity contribution in [1.29, 1.82) is 0 Å². The summed E-state index contributed by atoms with van der Waals surface area (Å²) >= 11 is 1.78. The van der Waals surface area contributed by atoms with Crippen molar-refractivity contribution in [1.82, 2.24) is 4.98 Å². The van der Waals surface area contributed by atoms with Gasteiger partial charge in [0.2, 0.25) is 0 Å². The molecular weight excluding hydrogens is 264 g/mol. The van der Waals surface area contributed by atoms with Crippen molar-refractivity contribution >= 4 is 21.6 Å². The fourth-order valence-corrected chi connectivity index (χ4v) is 3.58. The van der Waals surface area contributed by atoms with E-state index < -0.39 is 0 Å². The van der Waals surface area contributed by atoms with Crippen molar-refractivity contribution in [2.75, 3.05) is 0 Å². The first-order chi connectivity index (χ1) is 9.79. The van der Waals surface area contributed by atoms with E-state index in [1.54, 1.807) is 11.3 Å². The van der Waals surface area contributed by atoms with Crippen molar-refractivity contribution in [3.05, 3.63) is 29.3 Å². The number of nitrogens with zero attached hydrogens (tertiary/aromatic N) is 1. The van der Waals surface area contributed by atoms with E-state index in [0.29, 0.717) is 0 Å². The number of hydrogen-bond donors (Lipinski definition) is 1. The van der Waals surface area contributed by atoms with Crippen molar-refractivity contribution in [3.8, 4) is 0 Å². The Morgan fingerprint density at radius 1 is 1.10 bits per heavy atom. The molecular formula is C17H26N2S. The average Bonchev–Trinajstić information content (AvgIpc) is 2.84. The Morgan fingerprint density at radius 3 is 2.65 bits per heavy atom. The fourth-order valence-electron chi connectivity index (χ4n) is 2.52. The van der Waals surface area contributed by atoms with E-state index in [2.05, 4.69) is 30.1 Å². The summed E-state index contributed by atoms with van der Waals surface area (Å²) in [6, 6.07) is 8.59. The molecule has 20 heavy (non-hydrogen) atoms. The molecule has 2 rings (SSSR count). The SMILES string of the molecule is CCCCCCCCC(N)Cc1nc2ccccc2s1. The van der Waals surface area contributed by atoms with Gasteiger partial charge in [0.25, 0.3) is 0 Å². The van der Waals surface area contributed by atoms with Gasteiger partial charge in [0.05, 0.1) is 15.2 Å². The molecule has 0 saturated heterocycles. The van der Waals surface area contributed by atoms with Crippen LogP contribution in [0.5, 0.6) is 0 Å². The molecule has 0 spiro atoms. The number of aromatic nitrogens is 1. The van der Waals surface area contributed by atoms with E-state index in [4.69, 9.17) is 5.73 Å². The molecule has 0 bridgehead atoms. The molecule has 0 aliphatic heterocycles. The first-order valence-electron chi connectivity index (χ1n) is 7.89. The van der Waals surface area contributed by atoms with Gasteiger partial charge in [-0.25, -0.2) is 4.98 Å². The van der Waals surface area contributed by atoms with Gasteiger partial charge in [0.1, 0.15) is 0 Å². The number of unbranched alkanes of at least 4 members (excludes halogenated alkanes) is 5. The van der Waals surface area contributed by atoms with E-state index in [9.17, 15) is 0 Å². The monoisotopic (exact) mass is 290 g/mol. The van der Waals surface area contributed by atoms with Gasteiger partial charge in [-0.05, 0) is 18.6 Å². The molecule has 2 N–H and O–H groups in total. The van der Waals surface area contributed by atoms with Crippen LogP contribution in [0.1, 0.15) is 56.9 Å². The molecule has 1 atom stereocenters. The Morgan fingerprint density at radius 2 is 1.85 bits per heavy atom. The minimum absolute atomic E-state index is 0.265. The summed E-state index contributed by atoms with van der Waals surface area (Å²) < 4.78 is 1.27. The van der Waals surface area contributed by atoms with Crippen LogP contribution in [0.15, 0.2) is 24.3 Å². The van der Waals surface area contributed by atoms with Crippen LogP contribution in [0.25, 0.3) is 10.2 Å². The predicted octanol–water partition coefficient (Wildman–Crippen LogP) is 4.92. The molecule has 0 radical (unpaired) electrons. The smallest absolute Gasteiger partial charge is 0.0954 e. The van der Waals surface area contributed by atoms with E-state index in [1.165, 1.54) is 48.2 Å². The number of thiazole rings is 1. The van der Waals surface area contributed by atoms with E-state index in [0.717, 1.165) is 18.4 Å². The zero-order valence-corrected chi connectivity index (χ0v) is 13.3. The summed E-state index contributed by atoms with van der Waals surface area (Å²) in [5.41, 5.74) is 7.35. The third-order valence-corrected chi connectivity index (χ3v) is 4.76. The molecule has 110 valence electrons. The number of nitrogens with two attached hydrogens (primary N) is 1. The molecule has 3 heteroatoms. The average molecular weight is 290 g/mol. The second kappa shape index (κ2) is 8.38. The van der Waals surface area contributed by atoms with Crippen LogP contribution < -0.4 is 5.73 Å². The lowest BCUT2D eigenvalue weighted by atomic mass is 10.0. The molecule has 0 aliphatic rings. The lowest BCUT2D eigenvalue weighted by Gasteiger charge is -2.09. The van der Waals surface area contributed by atoms with Gasteiger partial charge in [0.15, 0.2) is 0 Å². The third kappa shape index (κ3) is 4.88. The fraction of sp³-hybridized carbons (Fsp3) is 0.588. The lowest BCUT2D eigenvalue weighted by molar-refractivity contribution is 0.532. The Labute approximate surface area is 126 Å². The molecule has 0 saturated carbocycles. The van der Waals surface area contributed by atoms with Crippen molar-refractivity contribution in [2.45, 2.75) is 64.3 Å². The van der Waals surface area contributed by atoms with Crippen LogP contribution >= 0.6 is 11.3 Å². The van der Waals surface area contributed by atoms with Gasteiger partial charge in [-0.1, -0.05) is 57.6 Å². The maximum Gasteiger partial charge on any atom is 0.0954 e. The highest BCUT2D eigenvalue weighted by molar-refractivity contribution is 7.18. The number of rotatable bonds is 9. The van der Waals surface area contributed by atoms with Gasteiger partial charge >= 0.3 is 0 Å². The highest BCUT2D eigenvalue weighted by atomic mass is 32.1. The Bertz CT molecular complexity index is 473. The Hall–Kier alpha value is -0.930. The Kier molecular flexibility index (Phi) is 6.48. The molecule has 0 fully saturated rings. The van der Waals surface area contributed by atoms with Gasteiger partial charge < -0.3 is 5.73 Å². The first-order valence-corrected chi connectivity index (χ1v) is 8.71. The normalized spacial score (nSPS) is 12.9. The first kappa shape index (κ1) is 15.5. The summed E-state index contributed by atoms with van der Waals surface area (Å²) in [5.74, 6) is 0. The molecule has 2 nitrogen and oxygen atoms in total. The highest BCUT2D eigenvalue weighted by Crippen LogP contribution is 2.23. The van der Waals surface area contributed by atoms with Crippen molar-refractivity contribution < 1.29 is 0 Å². The third-order valence-electron chi connectivity index (χ3n) is 3.70. The summed E-state index contributed by atoms with van der Waals surface area (Å²) in [5, 5.41) is 1.18. The second-order valence-electron chi connectivity index (χ2n) is 5.60. The summed E-state index contributed by atoms with van der Waals surface area (Å²) in [4.78, 5) is 4.66. The summed E-state index contributed by atoms with van der Waals surface area (Å²) in [6.07, 6.45) is 10.1. The van der Waals surface area contributed by atoms with Gasteiger partial charge in [0, 0.05) is 12.5 Å². The van der Waals surface area contributed by atoms with Crippen LogP contribution in [0.2, 0.25) is 0 Å². The number of fused-ring (bicyclic) bond motifs is 1. The van der Waals surface area contributed by atoms with E-state index in [-0.39, 0.29) is 6.04 Å². The summed E-state index contributed by atoms with van der Waals surface area (Å²) in [7, 11) is 0. The van der Waals surface area contributed by atoms with Crippen LogP contribution in [-0.2, 0) is 6.42 Å². The summed E-state index contributed by atoms with van der Waals surface area (Å²) in [6.45, 7) is 2.26. The van der Waals surface area contributed by atoms with Crippen LogP contribution in [-0.4, -0.2) is 11.0 Å². The topological polar surface area (TPSA) is 38.9 Å². The molecule has 1 aromatic carbocycles. The largest absolute Gasteiger partial charge is 0.327 e. The van der Waals surface area contributed by atoms with Crippen molar-refractivity contribution in [3.63, 3.8) is 0 Å². The standard InChI is InChI=1S/C17H26N2S/c1-2-3-4-5-6-7-10-14(18)13-17-19-15-11-8-9-12-16(15)20-17/h8-9,11-12,14H,2-7,10,13,18H2,1H3. The van der Waals surface area contributed by atoms with Gasteiger partial charge in [-0.2, -0.15) is 0 Å². The number of hydrogen-bond acceptors (Lipinski definition) is 3.